The van der Waals surface area contributed by atoms with Gasteiger partial charge in [0.15, 0.2) is 6.20 Å². The van der Waals surface area contributed by atoms with Crippen molar-refractivity contribution < 1.29 is 14.5 Å². The lowest BCUT2D eigenvalue weighted by atomic mass is 10.2. The molecule has 0 atom stereocenters. The molecule has 1 amide bonds. The highest BCUT2D eigenvalue weighted by molar-refractivity contribution is 5.67. The number of alkyl carbamates (subject to hydrolysis) is 1. The van der Waals surface area contributed by atoms with E-state index in [1.54, 1.807) is 0 Å². The summed E-state index contributed by atoms with van der Waals surface area (Å²) in [6.45, 7) is 0.289. The molecule has 1 aromatic heterocycles. The highest BCUT2D eigenvalue weighted by atomic mass is 16.6. The largest absolute Gasteiger partial charge is 0.445 e. The van der Waals surface area contributed by atoms with E-state index in [0.29, 0.717) is 5.56 Å². The third-order valence-electron chi connectivity index (χ3n) is 2.70. The van der Waals surface area contributed by atoms with Crippen LogP contribution in [0.3, 0.4) is 0 Å². The number of nitrogens with zero attached hydrogens (tertiary/aromatic N) is 2. The molecular formula is C16H13N3O4. The maximum atomic E-state index is 11.5. The fourth-order valence-electron chi connectivity index (χ4n) is 1.60. The Morgan fingerprint density at radius 3 is 2.70 bits per heavy atom. The molecule has 0 spiro atoms. The number of rotatable bonds is 4. The predicted molar refractivity (Wildman–Crippen MR) is 82.4 cm³/mol. The quantitative estimate of drug-likeness (QED) is 0.531. The maximum Gasteiger partial charge on any atom is 0.408 e. The molecule has 7 nitrogen and oxygen atoms in total. The Labute approximate surface area is 132 Å². The third-order valence-corrected chi connectivity index (χ3v) is 2.70. The zero-order valence-electron chi connectivity index (χ0n) is 12.1. The second-order valence-corrected chi connectivity index (χ2v) is 4.38. The Kier molecular flexibility index (Phi) is 5.66. The first-order valence-electron chi connectivity index (χ1n) is 6.69. The highest BCUT2D eigenvalue weighted by Crippen LogP contribution is 2.06. The number of hydrogen-bond donors (Lipinski definition) is 1. The van der Waals surface area contributed by atoms with Crippen molar-refractivity contribution in [1.29, 1.82) is 0 Å². The van der Waals surface area contributed by atoms with Crippen LogP contribution in [0.2, 0.25) is 0 Å². The summed E-state index contributed by atoms with van der Waals surface area (Å²) in [6, 6.07) is 12.1. The fourth-order valence-corrected chi connectivity index (χ4v) is 1.60. The summed E-state index contributed by atoms with van der Waals surface area (Å²) >= 11 is 0. The van der Waals surface area contributed by atoms with Gasteiger partial charge < -0.3 is 20.2 Å². The van der Waals surface area contributed by atoms with Gasteiger partial charge in [-0.25, -0.2) is 4.79 Å². The molecule has 0 aliphatic rings. The number of ether oxygens (including phenoxy) is 1. The second kappa shape index (κ2) is 8.14. The fraction of sp³-hybridized carbons (Fsp3) is 0.125. The molecule has 2 aromatic rings. The minimum atomic E-state index is -0.582. The van der Waals surface area contributed by atoms with Crippen LogP contribution in [0.15, 0.2) is 48.7 Å². The van der Waals surface area contributed by atoms with Gasteiger partial charge in [-0.1, -0.05) is 42.2 Å². The van der Waals surface area contributed by atoms with Gasteiger partial charge in [0.2, 0.25) is 0 Å². The summed E-state index contributed by atoms with van der Waals surface area (Å²) in [7, 11) is 0. The van der Waals surface area contributed by atoms with Gasteiger partial charge in [-0.2, -0.15) is 0 Å². The minimum Gasteiger partial charge on any atom is -0.445 e. The van der Waals surface area contributed by atoms with Crippen LogP contribution >= 0.6 is 0 Å². The number of carbonyl (C=O) groups excluding carboxylic acids is 1. The predicted octanol–water partition coefficient (Wildman–Crippen LogP) is 2.27. The molecule has 0 unspecified atom stereocenters. The van der Waals surface area contributed by atoms with Gasteiger partial charge in [0.1, 0.15) is 6.61 Å². The van der Waals surface area contributed by atoms with Gasteiger partial charge in [-0.3, -0.25) is 0 Å². The summed E-state index contributed by atoms with van der Waals surface area (Å²) < 4.78 is 5.02. The van der Waals surface area contributed by atoms with E-state index in [2.05, 4.69) is 22.1 Å². The van der Waals surface area contributed by atoms with Crippen LogP contribution in [-0.4, -0.2) is 22.5 Å². The topological polar surface area (TPSA) is 94.4 Å². The molecule has 116 valence electrons. The molecule has 0 saturated heterocycles. The van der Waals surface area contributed by atoms with E-state index in [1.165, 1.54) is 18.3 Å². The van der Waals surface area contributed by atoms with Crippen molar-refractivity contribution in [3.8, 4) is 11.8 Å². The first kappa shape index (κ1) is 16.0. The third kappa shape index (κ3) is 5.47. The molecule has 1 N–H and O–H groups in total. The summed E-state index contributed by atoms with van der Waals surface area (Å²) in [6.07, 6.45) is 0.740. The Hall–Kier alpha value is -3.40. The van der Waals surface area contributed by atoms with E-state index in [0.717, 1.165) is 5.56 Å². The van der Waals surface area contributed by atoms with Gasteiger partial charge in [0.05, 0.1) is 12.1 Å². The molecule has 0 fully saturated rings. The lowest BCUT2D eigenvalue weighted by Crippen LogP contribution is -2.24. The van der Waals surface area contributed by atoms with Gasteiger partial charge in [-0.05, 0) is 21.5 Å². The number of hydrogen-bond acceptors (Lipinski definition) is 5. The van der Waals surface area contributed by atoms with E-state index >= 15 is 0 Å². The molecule has 1 aromatic carbocycles. The van der Waals surface area contributed by atoms with Crippen molar-refractivity contribution in [2.45, 2.75) is 6.61 Å². The van der Waals surface area contributed by atoms with Crippen molar-refractivity contribution in [3.63, 3.8) is 0 Å². The second-order valence-electron chi connectivity index (χ2n) is 4.38. The van der Waals surface area contributed by atoms with Crippen LogP contribution < -0.4 is 5.32 Å². The van der Waals surface area contributed by atoms with Crippen molar-refractivity contribution in [2.75, 3.05) is 6.54 Å². The molecule has 0 aliphatic heterocycles. The summed E-state index contributed by atoms with van der Waals surface area (Å²) in [5.41, 5.74) is 1.42. The Bertz CT molecular complexity index is 733. The number of carbonyl (C=O) groups is 1. The number of nitrogens with one attached hydrogen (secondary N) is 1. The first-order chi connectivity index (χ1) is 11.1. The molecule has 23 heavy (non-hydrogen) atoms. The first-order valence-corrected chi connectivity index (χ1v) is 6.69. The van der Waals surface area contributed by atoms with Crippen molar-refractivity contribution in [3.05, 3.63) is 69.9 Å². The number of aromatic nitrogens is 1. The van der Waals surface area contributed by atoms with E-state index in [-0.39, 0.29) is 19.0 Å². The van der Waals surface area contributed by atoms with Crippen LogP contribution in [0.25, 0.3) is 0 Å². The summed E-state index contributed by atoms with van der Waals surface area (Å²) in [5, 5.41) is 12.9. The van der Waals surface area contributed by atoms with Crippen molar-refractivity contribution in [1.82, 2.24) is 10.3 Å². The SMILES string of the molecule is O=C(NCC#Cc1ccc([N+](=O)[O-])nc1)OCc1ccccc1. The van der Waals surface area contributed by atoms with Gasteiger partial charge >= 0.3 is 11.9 Å². The number of pyridine rings is 1. The van der Waals surface area contributed by atoms with Crippen molar-refractivity contribution >= 4 is 11.9 Å². The molecule has 0 radical (unpaired) electrons. The van der Waals surface area contributed by atoms with Crippen LogP contribution in [0, 0.1) is 22.0 Å². The van der Waals surface area contributed by atoms with Crippen LogP contribution in [-0.2, 0) is 11.3 Å². The molecule has 0 saturated carbocycles. The standard InChI is InChI=1S/C16H13N3O4/c20-16(23-12-14-5-2-1-3-6-14)17-10-4-7-13-8-9-15(18-11-13)19(21)22/h1-3,5-6,8-9,11H,10,12H2,(H,17,20). The lowest BCUT2D eigenvalue weighted by Gasteiger charge is -2.04. The Balaban J connectivity index is 1.74. The zero-order chi connectivity index (χ0) is 16.5. The lowest BCUT2D eigenvalue weighted by molar-refractivity contribution is -0.389. The van der Waals surface area contributed by atoms with Gasteiger partial charge in [0.25, 0.3) is 0 Å². The van der Waals surface area contributed by atoms with E-state index in [9.17, 15) is 14.9 Å². The smallest absolute Gasteiger partial charge is 0.408 e. The maximum absolute atomic E-state index is 11.5. The Morgan fingerprint density at radius 2 is 2.04 bits per heavy atom. The van der Waals surface area contributed by atoms with E-state index in [4.69, 9.17) is 4.74 Å². The van der Waals surface area contributed by atoms with Gasteiger partial charge in [0, 0.05) is 6.07 Å². The molecule has 1 heterocycles. The molecule has 0 bridgehead atoms. The highest BCUT2D eigenvalue weighted by Gasteiger charge is 2.04. The number of nitro groups is 1. The zero-order valence-corrected chi connectivity index (χ0v) is 12.1. The monoisotopic (exact) mass is 311 g/mol. The minimum absolute atomic E-state index is 0.102. The van der Waals surface area contributed by atoms with Crippen LogP contribution in [0.5, 0.6) is 0 Å². The number of amides is 1. The molecule has 0 aliphatic carbocycles. The molecular weight excluding hydrogens is 298 g/mol. The Morgan fingerprint density at radius 1 is 1.26 bits per heavy atom. The average Bonchev–Trinajstić information content (AvgIpc) is 2.58. The molecule has 7 heteroatoms. The summed E-state index contributed by atoms with van der Waals surface area (Å²) in [4.78, 5) is 25.0. The van der Waals surface area contributed by atoms with E-state index < -0.39 is 11.0 Å². The number of benzene rings is 1. The normalized spacial score (nSPS) is 9.39. The van der Waals surface area contributed by atoms with Crippen LogP contribution in [0.4, 0.5) is 10.6 Å². The van der Waals surface area contributed by atoms with Gasteiger partial charge in [-0.15, -0.1) is 0 Å². The molecule has 2 rings (SSSR count). The summed E-state index contributed by atoms with van der Waals surface area (Å²) in [5.74, 6) is 5.20. The van der Waals surface area contributed by atoms with E-state index in [1.807, 2.05) is 30.3 Å². The van der Waals surface area contributed by atoms with Crippen LogP contribution in [0.1, 0.15) is 11.1 Å². The average molecular weight is 311 g/mol. The van der Waals surface area contributed by atoms with Crippen molar-refractivity contribution in [2.24, 2.45) is 0 Å².